The molecule has 1 unspecified atom stereocenters. The number of nitrogens with one attached hydrogen (secondary N) is 1. The molecule has 0 saturated heterocycles. The molecule has 2 aromatic rings. The Kier molecular flexibility index (Phi) is 4.22. The van der Waals surface area contributed by atoms with E-state index < -0.39 is 0 Å². The quantitative estimate of drug-likeness (QED) is 0.897. The van der Waals surface area contributed by atoms with Crippen LogP contribution < -0.4 is 10.1 Å². The van der Waals surface area contributed by atoms with Gasteiger partial charge in [-0.05, 0) is 37.6 Å². The fourth-order valence-electron chi connectivity index (χ4n) is 2.26. The molecule has 1 aromatic heterocycles. The first-order valence-electron chi connectivity index (χ1n) is 6.49. The van der Waals surface area contributed by atoms with Gasteiger partial charge in [0.15, 0.2) is 0 Å². The van der Waals surface area contributed by atoms with Gasteiger partial charge in [-0.2, -0.15) is 5.10 Å². The predicted octanol–water partition coefficient (Wildman–Crippen LogP) is 2.84. The summed E-state index contributed by atoms with van der Waals surface area (Å²) in [5.41, 5.74) is 2.43. The SMILES string of the molecule is COc1ccc([C@H](C)NC(C)c2ccnn2C)cc1. The Bertz CT molecular complexity index is 518. The van der Waals surface area contributed by atoms with Crippen LogP contribution in [0.4, 0.5) is 0 Å². The number of benzene rings is 1. The van der Waals surface area contributed by atoms with Crippen LogP contribution in [0.3, 0.4) is 0 Å². The summed E-state index contributed by atoms with van der Waals surface area (Å²) in [5, 5.41) is 7.78. The zero-order chi connectivity index (χ0) is 13.8. The van der Waals surface area contributed by atoms with E-state index in [0.717, 1.165) is 5.75 Å². The second-order valence-corrected chi connectivity index (χ2v) is 4.76. The van der Waals surface area contributed by atoms with Gasteiger partial charge in [-0.3, -0.25) is 4.68 Å². The normalized spacial score (nSPS) is 14.1. The molecule has 0 bridgehead atoms. The van der Waals surface area contributed by atoms with E-state index >= 15 is 0 Å². The van der Waals surface area contributed by atoms with Gasteiger partial charge in [0.25, 0.3) is 0 Å². The number of hydrogen-bond acceptors (Lipinski definition) is 3. The molecular formula is C15H21N3O. The van der Waals surface area contributed by atoms with E-state index in [-0.39, 0.29) is 12.1 Å². The van der Waals surface area contributed by atoms with Crippen LogP contribution in [0.5, 0.6) is 5.75 Å². The average Bonchev–Trinajstić information content (AvgIpc) is 2.85. The standard InChI is InChI=1S/C15H21N3O/c1-11(13-5-7-14(19-4)8-6-13)17-12(2)15-9-10-16-18(15)3/h5-12,17H,1-4H3/t11-,12?/m0/s1. The van der Waals surface area contributed by atoms with Crippen molar-refractivity contribution in [3.63, 3.8) is 0 Å². The summed E-state index contributed by atoms with van der Waals surface area (Å²) in [4.78, 5) is 0. The van der Waals surface area contributed by atoms with Crippen molar-refractivity contribution in [3.05, 3.63) is 47.8 Å². The molecule has 19 heavy (non-hydrogen) atoms. The summed E-state index contributed by atoms with van der Waals surface area (Å²) in [5.74, 6) is 0.885. The summed E-state index contributed by atoms with van der Waals surface area (Å²) in [6.07, 6.45) is 1.82. The van der Waals surface area contributed by atoms with Crippen LogP contribution in [0.25, 0.3) is 0 Å². The molecule has 102 valence electrons. The number of rotatable bonds is 5. The Morgan fingerprint density at radius 2 is 1.79 bits per heavy atom. The van der Waals surface area contributed by atoms with Crippen molar-refractivity contribution in [3.8, 4) is 5.75 Å². The predicted molar refractivity (Wildman–Crippen MR) is 76.2 cm³/mol. The van der Waals surface area contributed by atoms with Crippen LogP contribution in [-0.4, -0.2) is 16.9 Å². The molecule has 0 amide bonds. The monoisotopic (exact) mass is 259 g/mol. The minimum absolute atomic E-state index is 0.254. The second kappa shape index (κ2) is 5.89. The largest absolute Gasteiger partial charge is 0.497 e. The molecule has 0 spiro atoms. The van der Waals surface area contributed by atoms with E-state index in [1.54, 1.807) is 7.11 Å². The van der Waals surface area contributed by atoms with Crippen molar-refractivity contribution in [2.45, 2.75) is 25.9 Å². The molecule has 4 nitrogen and oxygen atoms in total. The van der Waals surface area contributed by atoms with Crippen molar-refractivity contribution in [1.29, 1.82) is 0 Å². The first-order chi connectivity index (χ1) is 9.11. The summed E-state index contributed by atoms with van der Waals surface area (Å²) >= 11 is 0. The number of ether oxygens (including phenoxy) is 1. The minimum atomic E-state index is 0.254. The van der Waals surface area contributed by atoms with Crippen LogP contribution in [-0.2, 0) is 7.05 Å². The Balaban J connectivity index is 2.04. The first kappa shape index (κ1) is 13.6. The van der Waals surface area contributed by atoms with Gasteiger partial charge in [0.05, 0.1) is 12.8 Å². The van der Waals surface area contributed by atoms with Gasteiger partial charge in [0.2, 0.25) is 0 Å². The number of aromatic nitrogens is 2. The molecular weight excluding hydrogens is 238 g/mol. The molecule has 2 atom stereocenters. The van der Waals surface area contributed by atoms with Crippen LogP contribution >= 0.6 is 0 Å². The van der Waals surface area contributed by atoms with Gasteiger partial charge in [-0.1, -0.05) is 12.1 Å². The maximum Gasteiger partial charge on any atom is 0.118 e. The number of nitrogens with zero attached hydrogens (tertiary/aromatic N) is 2. The van der Waals surface area contributed by atoms with Crippen LogP contribution in [0.1, 0.15) is 37.2 Å². The second-order valence-electron chi connectivity index (χ2n) is 4.76. The minimum Gasteiger partial charge on any atom is -0.497 e. The molecule has 0 radical (unpaired) electrons. The lowest BCUT2D eigenvalue weighted by Crippen LogP contribution is -2.24. The highest BCUT2D eigenvalue weighted by Crippen LogP contribution is 2.21. The van der Waals surface area contributed by atoms with E-state index in [4.69, 9.17) is 4.74 Å². The van der Waals surface area contributed by atoms with Gasteiger partial charge in [0, 0.05) is 25.3 Å². The van der Waals surface area contributed by atoms with Crippen molar-refractivity contribution in [1.82, 2.24) is 15.1 Å². The molecule has 1 heterocycles. The molecule has 0 saturated carbocycles. The zero-order valence-electron chi connectivity index (χ0n) is 11.9. The van der Waals surface area contributed by atoms with Crippen molar-refractivity contribution < 1.29 is 4.74 Å². The molecule has 2 rings (SSSR count). The smallest absolute Gasteiger partial charge is 0.118 e. The number of hydrogen-bond donors (Lipinski definition) is 1. The third-order valence-electron chi connectivity index (χ3n) is 3.42. The van der Waals surface area contributed by atoms with E-state index in [1.165, 1.54) is 11.3 Å². The average molecular weight is 259 g/mol. The maximum absolute atomic E-state index is 5.17. The highest BCUT2D eigenvalue weighted by atomic mass is 16.5. The van der Waals surface area contributed by atoms with Gasteiger partial charge in [0.1, 0.15) is 5.75 Å². The fourth-order valence-corrected chi connectivity index (χ4v) is 2.26. The van der Waals surface area contributed by atoms with Crippen LogP contribution in [0.2, 0.25) is 0 Å². The van der Waals surface area contributed by atoms with Crippen molar-refractivity contribution in [2.75, 3.05) is 7.11 Å². The van der Waals surface area contributed by atoms with E-state index in [2.05, 4.69) is 36.4 Å². The van der Waals surface area contributed by atoms with Gasteiger partial charge < -0.3 is 10.1 Å². The first-order valence-corrected chi connectivity index (χ1v) is 6.49. The molecule has 0 aliphatic rings. The van der Waals surface area contributed by atoms with Gasteiger partial charge in [-0.15, -0.1) is 0 Å². The van der Waals surface area contributed by atoms with E-state index in [9.17, 15) is 0 Å². The third-order valence-corrected chi connectivity index (χ3v) is 3.42. The number of aryl methyl sites for hydroxylation is 1. The topological polar surface area (TPSA) is 39.1 Å². The highest BCUT2D eigenvalue weighted by molar-refractivity contribution is 5.29. The highest BCUT2D eigenvalue weighted by Gasteiger charge is 2.13. The van der Waals surface area contributed by atoms with Crippen LogP contribution in [0.15, 0.2) is 36.5 Å². The Morgan fingerprint density at radius 3 is 2.32 bits per heavy atom. The van der Waals surface area contributed by atoms with E-state index in [1.807, 2.05) is 36.1 Å². The summed E-state index contributed by atoms with van der Waals surface area (Å²) < 4.78 is 7.07. The molecule has 4 heteroatoms. The third kappa shape index (κ3) is 3.15. The Morgan fingerprint density at radius 1 is 1.11 bits per heavy atom. The number of methoxy groups -OCH3 is 1. The maximum atomic E-state index is 5.17. The van der Waals surface area contributed by atoms with Crippen molar-refractivity contribution >= 4 is 0 Å². The lowest BCUT2D eigenvalue weighted by molar-refractivity contribution is 0.414. The molecule has 0 aliphatic heterocycles. The summed E-state index contributed by atoms with van der Waals surface area (Å²) in [6.45, 7) is 4.31. The molecule has 1 N–H and O–H groups in total. The van der Waals surface area contributed by atoms with Gasteiger partial charge >= 0.3 is 0 Å². The lowest BCUT2D eigenvalue weighted by Gasteiger charge is -2.20. The van der Waals surface area contributed by atoms with Gasteiger partial charge in [-0.25, -0.2) is 0 Å². The molecule has 0 fully saturated rings. The molecule has 0 aliphatic carbocycles. The van der Waals surface area contributed by atoms with Crippen LogP contribution in [0, 0.1) is 0 Å². The molecule has 1 aromatic carbocycles. The fraction of sp³-hybridized carbons (Fsp3) is 0.400. The zero-order valence-corrected chi connectivity index (χ0v) is 11.9. The Labute approximate surface area is 114 Å². The van der Waals surface area contributed by atoms with E-state index in [0.29, 0.717) is 0 Å². The summed E-state index contributed by atoms with van der Waals surface area (Å²) in [6, 6.07) is 10.7. The van der Waals surface area contributed by atoms with Crippen molar-refractivity contribution in [2.24, 2.45) is 7.05 Å². The Hall–Kier alpha value is -1.81. The summed E-state index contributed by atoms with van der Waals surface area (Å²) in [7, 11) is 3.65. The lowest BCUT2D eigenvalue weighted by atomic mass is 10.1.